The summed E-state index contributed by atoms with van der Waals surface area (Å²) in [4.78, 5) is 18.5. The van der Waals surface area contributed by atoms with Crippen LogP contribution < -0.4 is 24.7 Å². The molecule has 4 aromatic rings. The Labute approximate surface area is 245 Å². The van der Waals surface area contributed by atoms with Crippen LogP contribution in [0.25, 0.3) is 10.9 Å². The van der Waals surface area contributed by atoms with Crippen molar-refractivity contribution in [2.75, 3.05) is 57.2 Å². The predicted molar refractivity (Wildman–Crippen MR) is 160 cm³/mol. The van der Waals surface area contributed by atoms with Gasteiger partial charge in [-0.15, -0.1) is 0 Å². The number of amides is 1. The molecule has 0 saturated carbocycles. The molecule has 220 valence electrons. The lowest BCUT2D eigenvalue weighted by Crippen LogP contribution is -2.37. The van der Waals surface area contributed by atoms with E-state index in [1.165, 1.54) is 13.0 Å². The number of methoxy groups -OCH3 is 1. The number of nitrogens with zero attached hydrogens (tertiary/aromatic N) is 3. The number of aryl methyl sites for hydroxylation is 1. The van der Waals surface area contributed by atoms with Gasteiger partial charge in [0.05, 0.1) is 32.3 Å². The fourth-order valence-electron chi connectivity index (χ4n) is 4.98. The van der Waals surface area contributed by atoms with Gasteiger partial charge in [0.25, 0.3) is 12.1 Å². The highest BCUT2D eigenvalue weighted by molar-refractivity contribution is 5.91. The largest absolute Gasteiger partial charge is 0.493 e. The fourth-order valence-corrected chi connectivity index (χ4v) is 4.98. The number of hydrogen-bond acceptors (Lipinski definition) is 7. The third-order valence-electron chi connectivity index (χ3n) is 7.20. The molecule has 10 heteroatoms. The fraction of sp³-hybridized carbons (Fsp3) is 0.344. The van der Waals surface area contributed by atoms with E-state index in [-0.39, 0.29) is 11.7 Å². The Hall–Kier alpha value is -4.28. The molecule has 0 unspecified atom stereocenters. The summed E-state index contributed by atoms with van der Waals surface area (Å²) in [5.41, 5.74) is 3.94. The van der Waals surface area contributed by atoms with Crippen LogP contribution in [0.4, 0.5) is 21.6 Å². The number of carbonyl (C=O) groups is 1. The van der Waals surface area contributed by atoms with Crippen LogP contribution >= 0.6 is 0 Å². The summed E-state index contributed by atoms with van der Waals surface area (Å²) in [5.74, 6) is 1.50. The van der Waals surface area contributed by atoms with E-state index in [9.17, 15) is 9.18 Å². The van der Waals surface area contributed by atoms with Gasteiger partial charge in [-0.05, 0) is 59.8 Å². The molecule has 5 rings (SSSR count). The van der Waals surface area contributed by atoms with Gasteiger partial charge in [-0.3, -0.25) is 9.69 Å². The standard InChI is InChI=1S/C32H36FN5O4/c1-22-17-26(9-10-28(22)33)36-32-27-18-31(42-14-4-11-37-12-15-41-16-13-37)30(40-3)19-29(27)38(21-34-32)20-24-5-7-25(8-6-24)35-23(2)39/h5-10,17-19,21H,4,11-16,20H2,1-3H3,(H,35,39)/p+1. The molecule has 1 amide bonds. The lowest BCUT2D eigenvalue weighted by molar-refractivity contribution is -0.665. The Kier molecular flexibility index (Phi) is 9.45. The van der Waals surface area contributed by atoms with Crippen molar-refractivity contribution in [3.8, 4) is 11.5 Å². The summed E-state index contributed by atoms with van der Waals surface area (Å²) in [5, 5.41) is 6.99. The first-order valence-electron chi connectivity index (χ1n) is 14.1. The SMILES string of the molecule is COc1cc2c(cc1OCCCN1CCOCC1)c(Nc1ccc(F)c(C)c1)nc[n+]2Cc1ccc(NC(C)=O)cc1. The quantitative estimate of drug-likeness (QED) is 0.196. The lowest BCUT2D eigenvalue weighted by atomic mass is 10.1. The molecular weight excluding hydrogens is 537 g/mol. The van der Waals surface area contributed by atoms with Gasteiger partial charge in [0.1, 0.15) is 17.9 Å². The van der Waals surface area contributed by atoms with Crippen LogP contribution in [0.5, 0.6) is 11.5 Å². The molecular formula is C32H37FN5O4+. The van der Waals surface area contributed by atoms with E-state index < -0.39 is 0 Å². The first-order chi connectivity index (χ1) is 20.4. The minimum atomic E-state index is -0.258. The van der Waals surface area contributed by atoms with Crippen LogP contribution in [0.1, 0.15) is 24.5 Å². The third-order valence-corrected chi connectivity index (χ3v) is 7.20. The third kappa shape index (κ3) is 7.32. The maximum atomic E-state index is 13.9. The summed E-state index contributed by atoms with van der Waals surface area (Å²) in [6, 6.07) is 16.5. The monoisotopic (exact) mass is 574 g/mol. The second-order valence-electron chi connectivity index (χ2n) is 10.4. The predicted octanol–water partition coefficient (Wildman–Crippen LogP) is 4.83. The van der Waals surface area contributed by atoms with Gasteiger partial charge in [-0.1, -0.05) is 12.1 Å². The van der Waals surface area contributed by atoms with E-state index in [1.54, 1.807) is 32.5 Å². The van der Waals surface area contributed by atoms with Crippen molar-refractivity contribution in [2.45, 2.75) is 26.8 Å². The van der Waals surface area contributed by atoms with E-state index in [4.69, 9.17) is 19.2 Å². The number of ether oxygens (including phenoxy) is 3. The van der Waals surface area contributed by atoms with E-state index in [1.807, 2.05) is 41.0 Å². The summed E-state index contributed by atoms with van der Waals surface area (Å²) in [6.45, 7) is 8.68. The van der Waals surface area contributed by atoms with Gasteiger partial charge in [0.15, 0.2) is 11.5 Å². The molecule has 3 aromatic carbocycles. The highest BCUT2D eigenvalue weighted by Gasteiger charge is 2.20. The number of rotatable bonds is 11. The van der Waals surface area contributed by atoms with E-state index in [0.717, 1.165) is 67.1 Å². The van der Waals surface area contributed by atoms with Crippen LogP contribution in [0.3, 0.4) is 0 Å². The number of morpholine rings is 1. The molecule has 2 heterocycles. The molecule has 2 N–H and O–H groups in total. The van der Waals surface area contributed by atoms with Crippen molar-refractivity contribution in [3.05, 3.63) is 77.9 Å². The molecule has 0 bridgehead atoms. The zero-order valence-electron chi connectivity index (χ0n) is 24.3. The minimum absolute atomic E-state index is 0.113. The summed E-state index contributed by atoms with van der Waals surface area (Å²) >= 11 is 0. The highest BCUT2D eigenvalue weighted by Crippen LogP contribution is 2.35. The van der Waals surface area contributed by atoms with Gasteiger partial charge >= 0.3 is 0 Å². The van der Waals surface area contributed by atoms with E-state index in [0.29, 0.717) is 36.0 Å². The van der Waals surface area contributed by atoms with Gasteiger partial charge in [0, 0.05) is 50.1 Å². The Morgan fingerprint density at radius 3 is 2.55 bits per heavy atom. The average Bonchev–Trinajstić information content (AvgIpc) is 2.99. The van der Waals surface area contributed by atoms with Crippen LogP contribution in [-0.2, 0) is 16.1 Å². The number of nitrogens with one attached hydrogen (secondary N) is 2. The highest BCUT2D eigenvalue weighted by atomic mass is 19.1. The number of fused-ring (bicyclic) bond motifs is 1. The van der Waals surface area contributed by atoms with E-state index in [2.05, 4.69) is 15.5 Å². The normalized spacial score (nSPS) is 13.6. The number of aromatic nitrogens is 2. The second kappa shape index (κ2) is 13.6. The molecule has 0 radical (unpaired) electrons. The number of halogens is 1. The Balaban J connectivity index is 1.44. The summed E-state index contributed by atoms with van der Waals surface area (Å²) in [6.07, 6.45) is 2.65. The Morgan fingerprint density at radius 1 is 1.07 bits per heavy atom. The molecule has 9 nitrogen and oxygen atoms in total. The summed E-state index contributed by atoms with van der Waals surface area (Å²) in [7, 11) is 1.63. The van der Waals surface area contributed by atoms with Crippen LogP contribution in [-0.4, -0.2) is 62.4 Å². The average molecular weight is 575 g/mol. The topological polar surface area (TPSA) is 88.8 Å². The molecule has 1 saturated heterocycles. The molecule has 1 aliphatic heterocycles. The van der Waals surface area contributed by atoms with Gasteiger partial charge < -0.3 is 24.8 Å². The van der Waals surface area contributed by atoms with Crippen molar-refractivity contribution in [1.29, 1.82) is 0 Å². The number of anilines is 3. The van der Waals surface area contributed by atoms with Gasteiger partial charge in [0.2, 0.25) is 5.91 Å². The Morgan fingerprint density at radius 2 is 1.83 bits per heavy atom. The van der Waals surface area contributed by atoms with E-state index >= 15 is 0 Å². The first-order valence-corrected chi connectivity index (χ1v) is 14.1. The maximum absolute atomic E-state index is 13.9. The smallest absolute Gasteiger partial charge is 0.289 e. The molecule has 1 aliphatic rings. The van der Waals surface area contributed by atoms with Crippen molar-refractivity contribution in [2.24, 2.45) is 0 Å². The van der Waals surface area contributed by atoms with Crippen LogP contribution in [0.15, 0.2) is 60.9 Å². The molecule has 1 fully saturated rings. The minimum Gasteiger partial charge on any atom is -0.493 e. The number of hydrogen-bond donors (Lipinski definition) is 2. The first kappa shape index (κ1) is 29.2. The molecule has 0 spiro atoms. The summed E-state index contributed by atoms with van der Waals surface area (Å²) < 4.78 is 33.4. The Bertz CT molecular complexity index is 1540. The van der Waals surface area contributed by atoms with Crippen molar-refractivity contribution >= 4 is 34.0 Å². The number of carbonyl (C=O) groups excluding carboxylic acids is 1. The maximum Gasteiger partial charge on any atom is 0.289 e. The van der Waals surface area contributed by atoms with Gasteiger partial charge in [-0.25, -0.2) is 8.96 Å². The van der Waals surface area contributed by atoms with Gasteiger partial charge in [-0.2, -0.15) is 0 Å². The molecule has 42 heavy (non-hydrogen) atoms. The molecule has 1 aromatic heterocycles. The lowest BCUT2D eigenvalue weighted by Gasteiger charge is -2.26. The zero-order valence-corrected chi connectivity index (χ0v) is 24.3. The second-order valence-corrected chi connectivity index (χ2v) is 10.4. The van der Waals surface area contributed by atoms with Crippen molar-refractivity contribution in [1.82, 2.24) is 9.88 Å². The van der Waals surface area contributed by atoms with Crippen molar-refractivity contribution < 1.29 is 28.0 Å². The van der Waals surface area contributed by atoms with Crippen LogP contribution in [0, 0.1) is 12.7 Å². The molecule has 0 atom stereocenters. The van der Waals surface area contributed by atoms with Crippen LogP contribution in [0.2, 0.25) is 0 Å². The van der Waals surface area contributed by atoms with Crippen molar-refractivity contribution in [3.63, 3.8) is 0 Å². The number of benzene rings is 3. The zero-order chi connectivity index (χ0) is 29.5. The molecule has 0 aliphatic carbocycles.